The SMILES string of the molecule is CC1Nc2nc(N)[nH]c(=O)c2N(C(=O)c2cccnc2)C1C. The van der Waals surface area contributed by atoms with E-state index in [1.54, 1.807) is 18.3 Å². The van der Waals surface area contributed by atoms with Gasteiger partial charge in [-0.2, -0.15) is 4.98 Å². The van der Waals surface area contributed by atoms with Crippen LogP contribution in [0.1, 0.15) is 24.2 Å². The molecular weight excluding hydrogens is 284 g/mol. The third-order valence-corrected chi connectivity index (χ3v) is 3.78. The second kappa shape index (κ2) is 5.14. The van der Waals surface area contributed by atoms with E-state index >= 15 is 0 Å². The Bertz CT molecular complexity index is 773. The van der Waals surface area contributed by atoms with E-state index in [0.29, 0.717) is 11.4 Å². The van der Waals surface area contributed by atoms with Crippen LogP contribution in [0.25, 0.3) is 0 Å². The molecule has 0 bridgehead atoms. The van der Waals surface area contributed by atoms with E-state index < -0.39 is 5.56 Å². The average Bonchev–Trinajstić information content (AvgIpc) is 2.49. The van der Waals surface area contributed by atoms with Gasteiger partial charge in [-0.1, -0.05) is 0 Å². The Morgan fingerprint density at radius 1 is 1.41 bits per heavy atom. The number of pyridine rings is 1. The van der Waals surface area contributed by atoms with Gasteiger partial charge in [0.25, 0.3) is 11.5 Å². The van der Waals surface area contributed by atoms with Crippen LogP contribution < -0.4 is 21.5 Å². The molecule has 2 aromatic heterocycles. The maximum absolute atomic E-state index is 12.8. The molecule has 2 atom stereocenters. The highest BCUT2D eigenvalue weighted by Crippen LogP contribution is 2.30. The first kappa shape index (κ1) is 14.1. The van der Waals surface area contributed by atoms with Crippen molar-refractivity contribution >= 4 is 23.4 Å². The van der Waals surface area contributed by atoms with E-state index in [2.05, 4.69) is 20.3 Å². The summed E-state index contributed by atoms with van der Waals surface area (Å²) < 4.78 is 0. The Morgan fingerprint density at radius 3 is 2.86 bits per heavy atom. The number of nitrogens with two attached hydrogens (primary N) is 1. The number of carbonyl (C=O) groups is 1. The third-order valence-electron chi connectivity index (χ3n) is 3.78. The molecule has 8 heteroatoms. The Morgan fingerprint density at radius 2 is 2.18 bits per heavy atom. The summed E-state index contributed by atoms with van der Waals surface area (Å²) in [6.07, 6.45) is 3.06. The van der Waals surface area contributed by atoms with Crippen LogP contribution in [-0.2, 0) is 0 Å². The number of aromatic amines is 1. The maximum Gasteiger partial charge on any atom is 0.278 e. The van der Waals surface area contributed by atoms with Crippen molar-refractivity contribution in [3.63, 3.8) is 0 Å². The predicted octanol–water partition coefficient (Wildman–Crippen LogP) is 0.596. The van der Waals surface area contributed by atoms with E-state index in [0.717, 1.165) is 0 Å². The number of hydrogen-bond acceptors (Lipinski definition) is 6. The highest BCUT2D eigenvalue weighted by Gasteiger charge is 2.36. The quantitative estimate of drug-likeness (QED) is 0.710. The molecule has 0 aromatic carbocycles. The molecule has 3 rings (SSSR count). The maximum atomic E-state index is 12.8. The van der Waals surface area contributed by atoms with Gasteiger partial charge in [0.1, 0.15) is 0 Å². The number of hydrogen-bond donors (Lipinski definition) is 3. The highest BCUT2D eigenvalue weighted by molar-refractivity contribution is 6.08. The molecule has 0 fully saturated rings. The second-order valence-electron chi connectivity index (χ2n) is 5.24. The zero-order valence-electron chi connectivity index (χ0n) is 12.2. The molecule has 1 amide bonds. The van der Waals surface area contributed by atoms with Crippen molar-refractivity contribution in [1.29, 1.82) is 0 Å². The number of fused-ring (bicyclic) bond motifs is 1. The van der Waals surface area contributed by atoms with Gasteiger partial charge in [0, 0.05) is 18.4 Å². The Balaban J connectivity index is 2.15. The van der Waals surface area contributed by atoms with Crippen molar-refractivity contribution in [3.05, 3.63) is 40.4 Å². The summed E-state index contributed by atoms with van der Waals surface area (Å²) in [5.41, 5.74) is 5.71. The van der Waals surface area contributed by atoms with Gasteiger partial charge < -0.3 is 11.1 Å². The topological polar surface area (TPSA) is 117 Å². The van der Waals surface area contributed by atoms with Gasteiger partial charge in [0.15, 0.2) is 11.5 Å². The van der Waals surface area contributed by atoms with Crippen LogP contribution in [0.5, 0.6) is 0 Å². The first-order chi connectivity index (χ1) is 10.5. The summed E-state index contributed by atoms with van der Waals surface area (Å²) in [6.45, 7) is 3.78. The van der Waals surface area contributed by atoms with Gasteiger partial charge in [-0.3, -0.25) is 24.5 Å². The van der Waals surface area contributed by atoms with Crippen LogP contribution in [0.3, 0.4) is 0 Å². The molecule has 8 nitrogen and oxygen atoms in total. The fraction of sp³-hybridized carbons (Fsp3) is 0.286. The van der Waals surface area contributed by atoms with Crippen LogP contribution in [-0.4, -0.2) is 32.9 Å². The molecule has 1 aliphatic heterocycles. The molecule has 0 radical (unpaired) electrons. The molecule has 0 spiro atoms. The molecule has 0 saturated carbocycles. The number of rotatable bonds is 1. The Labute approximate surface area is 126 Å². The number of H-pyrrole nitrogens is 1. The lowest BCUT2D eigenvalue weighted by Gasteiger charge is -2.38. The minimum Gasteiger partial charge on any atom is -0.369 e. The van der Waals surface area contributed by atoms with Gasteiger partial charge in [0.2, 0.25) is 5.95 Å². The smallest absolute Gasteiger partial charge is 0.278 e. The summed E-state index contributed by atoms with van der Waals surface area (Å²) in [6, 6.07) is 3.03. The molecule has 0 aliphatic carbocycles. The van der Waals surface area contributed by atoms with Crippen molar-refractivity contribution in [2.24, 2.45) is 0 Å². The molecule has 1 aliphatic rings. The van der Waals surface area contributed by atoms with E-state index in [1.165, 1.54) is 11.1 Å². The van der Waals surface area contributed by atoms with Crippen molar-refractivity contribution < 1.29 is 4.79 Å². The molecule has 2 aromatic rings. The summed E-state index contributed by atoms with van der Waals surface area (Å²) >= 11 is 0. The lowest BCUT2D eigenvalue weighted by Crippen LogP contribution is -2.53. The third kappa shape index (κ3) is 2.18. The highest BCUT2D eigenvalue weighted by atomic mass is 16.2. The number of nitrogens with one attached hydrogen (secondary N) is 2. The summed E-state index contributed by atoms with van der Waals surface area (Å²) in [5.74, 6) is 0.0168. The number of anilines is 3. The van der Waals surface area contributed by atoms with Gasteiger partial charge >= 0.3 is 0 Å². The monoisotopic (exact) mass is 300 g/mol. The number of aromatic nitrogens is 3. The second-order valence-corrected chi connectivity index (χ2v) is 5.24. The largest absolute Gasteiger partial charge is 0.369 e. The van der Waals surface area contributed by atoms with Crippen molar-refractivity contribution in [1.82, 2.24) is 15.0 Å². The zero-order valence-corrected chi connectivity index (χ0v) is 12.2. The van der Waals surface area contributed by atoms with Gasteiger partial charge in [-0.25, -0.2) is 0 Å². The summed E-state index contributed by atoms with van der Waals surface area (Å²) in [5, 5.41) is 3.11. The minimum absolute atomic E-state index is 0.00628. The van der Waals surface area contributed by atoms with E-state index in [4.69, 9.17) is 5.73 Å². The van der Waals surface area contributed by atoms with E-state index in [1.807, 2.05) is 13.8 Å². The van der Waals surface area contributed by atoms with Gasteiger partial charge in [-0.15, -0.1) is 0 Å². The lowest BCUT2D eigenvalue weighted by atomic mass is 10.0. The Kier molecular flexibility index (Phi) is 3.28. The standard InChI is InChI=1S/C14H16N6O2/c1-7-8(2)20(13(22)9-4-3-5-16-6-9)10-11(17-7)18-14(15)19-12(10)21/h3-8H,1-2H3,(H4,15,17,18,19,21). The van der Waals surface area contributed by atoms with Gasteiger partial charge in [0.05, 0.1) is 11.6 Å². The Hall–Kier alpha value is -2.90. The number of carbonyl (C=O) groups excluding carboxylic acids is 1. The molecule has 0 saturated heterocycles. The van der Waals surface area contributed by atoms with Crippen LogP contribution in [0.15, 0.2) is 29.3 Å². The average molecular weight is 300 g/mol. The summed E-state index contributed by atoms with van der Waals surface area (Å²) in [4.78, 5) is 37.0. The molecule has 4 N–H and O–H groups in total. The van der Waals surface area contributed by atoms with Crippen LogP contribution in [0.2, 0.25) is 0 Å². The number of nitrogens with zero attached hydrogens (tertiary/aromatic N) is 3. The minimum atomic E-state index is -0.453. The fourth-order valence-corrected chi connectivity index (χ4v) is 2.49. The van der Waals surface area contributed by atoms with Crippen molar-refractivity contribution in [3.8, 4) is 0 Å². The number of amides is 1. The number of nitrogen functional groups attached to an aromatic ring is 1. The van der Waals surface area contributed by atoms with E-state index in [9.17, 15) is 9.59 Å². The normalized spacial score (nSPS) is 20.2. The van der Waals surface area contributed by atoms with Crippen molar-refractivity contribution in [2.45, 2.75) is 25.9 Å². The first-order valence-corrected chi connectivity index (χ1v) is 6.89. The predicted molar refractivity (Wildman–Crippen MR) is 82.9 cm³/mol. The molecule has 114 valence electrons. The molecular formula is C14H16N6O2. The first-order valence-electron chi connectivity index (χ1n) is 6.89. The van der Waals surface area contributed by atoms with E-state index in [-0.39, 0.29) is 29.6 Å². The van der Waals surface area contributed by atoms with Gasteiger partial charge in [-0.05, 0) is 26.0 Å². The van der Waals surface area contributed by atoms with Crippen LogP contribution >= 0.6 is 0 Å². The molecule has 22 heavy (non-hydrogen) atoms. The zero-order chi connectivity index (χ0) is 15.9. The van der Waals surface area contributed by atoms with Crippen LogP contribution in [0, 0.1) is 0 Å². The molecule has 2 unspecified atom stereocenters. The lowest BCUT2D eigenvalue weighted by molar-refractivity contribution is 0.0974. The fourth-order valence-electron chi connectivity index (χ4n) is 2.49. The van der Waals surface area contributed by atoms with Crippen molar-refractivity contribution in [2.75, 3.05) is 16.0 Å². The molecule has 3 heterocycles. The summed E-state index contributed by atoms with van der Waals surface area (Å²) in [7, 11) is 0. The van der Waals surface area contributed by atoms with Crippen LogP contribution in [0.4, 0.5) is 17.5 Å².